The van der Waals surface area contributed by atoms with Crippen molar-refractivity contribution in [3.05, 3.63) is 17.7 Å². The molecular weight excluding hydrogens is 299 g/mol. The lowest BCUT2D eigenvalue weighted by atomic mass is 10.2. The van der Waals surface area contributed by atoms with E-state index >= 15 is 0 Å². The molecule has 0 saturated heterocycles. The Hall–Kier alpha value is -1.11. The predicted octanol–water partition coefficient (Wildman–Crippen LogP) is 4.48. The highest BCUT2D eigenvalue weighted by Crippen LogP contribution is 2.32. The molecule has 0 aliphatic heterocycles. The molecule has 0 spiro atoms. The fourth-order valence-electron chi connectivity index (χ4n) is 1.78. The molecular formula is C14H22F3N3S. The molecule has 3 nitrogen and oxygen atoms in total. The highest BCUT2D eigenvalue weighted by molar-refractivity contribution is 7.98. The third-order valence-corrected chi connectivity index (χ3v) is 3.66. The number of hydrogen-bond acceptors (Lipinski definition) is 4. The highest BCUT2D eigenvalue weighted by Gasteiger charge is 2.31. The van der Waals surface area contributed by atoms with E-state index in [2.05, 4.69) is 15.6 Å². The van der Waals surface area contributed by atoms with Crippen molar-refractivity contribution in [2.45, 2.75) is 38.9 Å². The average Bonchev–Trinajstić information content (AvgIpc) is 2.43. The lowest BCUT2D eigenvalue weighted by Gasteiger charge is -2.19. The van der Waals surface area contributed by atoms with Crippen LogP contribution in [0.1, 0.15) is 32.3 Å². The number of nitrogens with one attached hydrogen (secondary N) is 2. The standard InChI is InChI=1S/C14H22F3N3S/c1-4-6-18-12-7-10(14(15,16)17)8-13(20-12)19-11(5-2)9-21-3/h7-8,11H,4-6,9H2,1-3H3,(H2,18,19,20). The van der Waals surface area contributed by atoms with E-state index in [1.165, 1.54) is 0 Å². The lowest BCUT2D eigenvalue weighted by Crippen LogP contribution is -2.22. The lowest BCUT2D eigenvalue weighted by molar-refractivity contribution is -0.137. The molecule has 21 heavy (non-hydrogen) atoms. The molecule has 0 aliphatic carbocycles. The summed E-state index contributed by atoms with van der Waals surface area (Å²) in [4.78, 5) is 4.22. The Balaban J connectivity index is 3.00. The molecule has 0 fully saturated rings. The van der Waals surface area contributed by atoms with E-state index in [0.717, 1.165) is 30.7 Å². The van der Waals surface area contributed by atoms with E-state index in [1.54, 1.807) is 11.8 Å². The third kappa shape index (κ3) is 6.03. The molecule has 0 aliphatic rings. The topological polar surface area (TPSA) is 37.0 Å². The van der Waals surface area contributed by atoms with Crippen LogP contribution in [0, 0.1) is 0 Å². The Labute approximate surface area is 128 Å². The van der Waals surface area contributed by atoms with Crippen molar-refractivity contribution >= 4 is 23.4 Å². The van der Waals surface area contributed by atoms with Gasteiger partial charge in [-0.05, 0) is 31.2 Å². The quantitative estimate of drug-likeness (QED) is 0.740. The first-order chi connectivity index (χ1) is 9.90. The smallest absolute Gasteiger partial charge is 0.370 e. The molecule has 0 amide bonds. The zero-order chi connectivity index (χ0) is 15.9. The molecule has 1 heterocycles. The van der Waals surface area contributed by atoms with Gasteiger partial charge in [-0.1, -0.05) is 13.8 Å². The number of pyridine rings is 1. The van der Waals surface area contributed by atoms with Crippen LogP contribution in [0.4, 0.5) is 24.8 Å². The van der Waals surface area contributed by atoms with Gasteiger partial charge in [0.05, 0.1) is 5.56 Å². The summed E-state index contributed by atoms with van der Waals surface area (Å²) in [5.74, 6) is 1.35. The van der Waals surface area contributed by atoms with Crippen molar-refractivity contribution in [1.29, 1.82) is 0 Å². The van der Waals surface area contributed by atoms with Gasteiger partial charge in [-0.25, -0.2) is 4.98 Å². The summed E-state index contributed by atoms with van der Waals surface area (Å²) < 4.78 is 38.8. The summed E-state index contributed by atoms with van der Waals surface area (Å²) in [6.07, 6.45) is -0.747. The molecule has 120 valence electrons. The summed E-state index contributed by atoms with van der Waals surface area (Å²) >= 11 is 1.65. The highest BCUT2D eigenvalue weighted by atomic mass is 32.2. The number of aromatic nitrogens is 1. The zero-order valence-electron chi connectivity index (χ0n) is 12.5. The Morgan fingerprint density at radius 1 is 1.24 bits per heavy atom. The summed E-state index contributed by atoms with van der Waals surface area (Å²) in [5, 5.41) is 6.00. The van der Waals surface area contributed by atoms with Gasteiger partial charge in [0.1, 0.15) is 11.6 Å². The maximum Gasteiger partial charge on any atom is 0.416 e. The Morgan fingerprint density at radius 2 is 1.90 bits per heavy atom. The normalized spacial score (nSPS) is 13.0. The van der Waals surface area contributed by atoms with Gasteiger partial charge in [-0.15, -0.1) is 0 Å². The number of alkyl halides is 3. The first-order valence-electron chi connectivity index (χ1n) is 6.99. The maximum atomic E-state index is 12.9. The van der Waals surface area contributed by atoms with Crippen molar-refractivity contribution in [2.75, 3.05) is 29.2 Å². The fourth-order valence-corrected chi connectivity index (χ4v) is 2.51. The molecule has 0 aromatic carbocycles. The summed E-state index contributed by atoms with van der Waals surface area (Å²) in [5.41, 5.74) is -0.683. The summed E-state index contributed by atoms with van der Waals surface area (Å²) in [6, 6.07) is 2.23. The van der Waals surface area contributed by atoms with Crippen LogP contribution in [0.25, 0.3) is 0 Å². The number of thioether (sulfide) groups is 1. The monoisotopic (exact) mass is 321 g/mol. The molecule has 0 bridgehead atoms. The van der Waals surface area contributed by atoms with Gasteiger partial charge in [0.2, 0.25) is 0 Å². The maximum absolute atomic E-state index is 12.9. The van der Waals surface area contributed by atoms with Crippen molar-refractivity contribution in [2.24, 2.45) is 0 Å². The molecule has 1 aromatic heterocycles. The minimum Gasteiger partial charge on any atom is -0.370 e. The van der Waals surface area contributed by atoms with Gasteiger partial charge in [-0.3, -0.25) is 0 Å². The van der Waals surface area contributed by atoms with Gasteiger partial charge in [0.15, 0.2) is 0 Å². The minimum atomic E-state index is -4.37. The zero-order valence-corrected chi connectivity index (χ0v) is 13.4. The molecule has 1 rings (SSSR count). The van der Waals surface area contributed by atoms with Crippen LogP contribution in [0.5, 0.6) is 0 Å². The summed E-state index contributed by atoms with van der Waals surface area (Å²) in [6.45, 7) is 4.54. The van der Waals surface area contributed by atoms with E-state index in [4.69, 9.17) is 0 Å². The van der Waals surface area contributed by atoms with Crippen molar-refractivity contribution < 1.29 is 13.2 Å². The van der Waals surface area contributed by atoms with E-state index in [-0.39, 0.29) is 17.7 Å². The second-order valence-corrected chi connectivity index (χ2v) is 5.67. The van der Waals surface area contributed by atoms with Gasteiger partial charge in [0.25, 0.3) is 0 Å². The first-order valence-corrected chi connectivity index (χ1v) is 8.38. The van der Waals surface area contributed by atoms with E-state index < -0.39 is 11.7 Å². The van der Waals surface area contributed by atoms with Crippen LogP contribution in [0.15, 0.2) is 12.1 Å². The van der Waals surface area contributed by atoms with Crippen LogP contribution in [0.3, 0.4) is 0 Å². The van der Waals surface area contributed by atoms with Crippen molar-refractivity contribution in [3.63, 3.8) is 0 Å². The van der Waals surface area contributed by atoms with Crippen LogP contribution >= 0.6 is 11.8 Å². The number of hydrogen-bond donors (Lipinski definition) is 2. The van der Waals surface area contributed by atoms with Crippen LogP contribution in [-0.2, 0) is 6.18 Å². The van der Waals surface area contributed by atoms with Crippen LogP contribution in [0.2, 0.25) is 0 Å². The predicted molar refractivity (Wildman–Crippen MR) is 84.1 cm³/mol. The Bertz CT molecular complexity index is 438. The molecule has 7 heteroatoms. The summed E-state index contributed by atoms with van der Waals surface area (Å²) in [7, 11) is 0. The number of nitrogens with zero attached hydrogens (tertiary/aromatic N) is 1. The fraction of sp³-hybridized carbons (Fsp3) is 0.643. The van der Waals surface area contributed by atoms with Gasteiger partial charge >= 0.3 is 6.18 Å². The Kier molecular flexibility index (Phi) is 7.14. The van der Waals surface area contributed by atoms with Gasteiger partial charge in [0, 0.05) is 18.3 Å². The van der Waals surface area contributed by atoms with Gasteiger partial charge in [-0.2, -0.15) is 24.9 Å². The third-order valence-electron chi connectivity index (χ3n) is 2.92. The van der Waals surface area contributed by atoms with Crippen molar-refractivity contribution in [1.82, 2.24) is 4.98 Å². The molecule has 2 N–H and O–H groups in total. The largest absolute Gasteiger partial charge is 0.416 e. The first kappa shape index (κ1) is 17.9. The number of anilines is 2. The van der Waals surface area contributed by atoms with Crippen molar-refractivity contribution in [3.8, 4) is 0 Å². The van der Waals surface area contributed by atoms with Gasteiger partial charge < -0.3 is 10.6 Å². The Morgan fingerprint density at radius 3 is 2.43 bits per heavy atom. The minimum absolute atomic E-state index is 0.106. The molecule has 0 saturated carbocycles. The van der Waals surface area contributed by atoms with E-state index in [1.807, 2.05) is 20.1 Å². The molecule has 0 radical (unpaired) electrons. The molecule has 1 aromatic rings. The number of halogens is 3. The second kappa shape index (κ2) is 8.36. The second-order valence-electron chi connectivity index (χ2n) is 4.76. The van der Waals surface area contributed by atoms with E-state index in [0.29, 0.717) is 6.54 Å². The average molecular weight is 321 g/mol. The molecule has 1 unspecified atom stereocenters. The van der Waals surface area contributed by atoms with E-state index in [9.17, 15) is 13.2 Å². The van der Waals surface area contributed by atoms with Crippen LogP contribution in [-0.4, -0.2) is 29.6 Å². The molecule has 1 atom stereocenters. The SMILES string of the molecule is CCCNc1cc(C(F)(F)F)cc(NC(CC)CSC)n1. The van der Waals surface area contributed by atoms with Crippen LogP contribution < -0.4 is 10.6 Å². The number of rotatable bonds is 8.